The molecule has 3 aromatic heterocycles. The summed E-state index contributed by atoms with van der Waals surface area (Å²) in [5.74, 6) is 2.33. The van der Waals surface area contributed by atoms with Crippen LogP contribution in [0.3, 0.4) is 0 Å². The molecule has 0 spiro atoms. The Morgan fingerprint density at radius 3 is 3.00 bits per heavy atom. The Balaban J connectivity index is 1.57. The lowest BCUT2D eigenvalue weighted by molar-refractivity contribution is 0.230. The van der Waals surface area contributed by atoms with Crippen LogP contribution in [-0.2, 0) is 13.1 Å². The van der Waals surface area contributed by atoms with Gasteiger partial charge in [0.2, 0.25) is 5.88 Å². The van der Waals surface area contributed by atoms with E-state index >= 15 is 0 Å². The molecule has 0 saturated carbocycles. The number of nitrogens with one attached hydrogen (secondary N) is 1. The summed E-state index contributed by atoms with van der Waals surface area (Å²) in [6, 6.07) is 5.83. The van der Waals surface area contributed by atoms with Gasteiger partial charge in [0.25, 0.3) is 0 Å². The van der Waals surface area contributed by atoms with Crippen molar-refractivity contribution in [1.29, 1.82) is 0 Å². The van der Waals surface area contributed by atoms with Gasteiger partial charge in [-0.2, -0.15) is 5.10 Å². The maximum absolute atomic E-state index is 5.62. The highest BCUT2D eigenvalue weighted by atomic mass is 16.5. The van der Waals surface area contributed by atoms with Crippen molar-refractivity contribution >= 4 is 5.82 Å². The smallest absolute Gasteiger partial charge is 0.212 e. The van der Waals surface area contributed by atoms with E-state index in [1.54, 1.807) is 12.4 Å². The molecule has 1 aliphatic rings. The minimum atomic E-state index is 0.590. The number of rotatable bonds is 4. The van der Waals surface area contributed by atoms with Crippen molar-refractivity contribution < 1.29 is 4.74 Å². The zero-order valence-electron chi connectivity index (χ0n) is 14.4. The fraction of sp³-hybridized carbons (Fsp3) is 0.333. The summed E-state index contributed by atoms with van der Waals surface area (Å²) in [7, 11) is 0. The average Bonchev–Trinajstić information content (AvgIpc) is 3.06. The van der Waals surface area contributed by atoms with Gasteiger partial charge in [-0.1, -0.05) is 0 Å². The van der Waals surface area contributed by atoms with E-state index in [-0.39, 0.29) is 0 Å². The fourth-order valence-electron chi connectivity index (χ4n) is 2.80. The summed E-state index contributed by atoms with van der Waals surface area (Å²) < 4.78 is 7.53. The van der Waals surface area contributed by atoms with Crippen LogP contribution >= 0.6 is 0 Å². The van der Waals surface area contributed by atoms with E-state index in [0.29, 0.717) is 12.4 Å². The van der Waals surface area contributed by atoms with Gasteiger partial charge in [0, 0.05) is 48.2 Å². The standard InChI is InChI=1S/C18H20N6O/c1-12-13(2)21-18(14-5-3-6-19-10-14)22-17(12)20-11-15-9-16-24(23-15)7-4-8-25-16/h3,5-6,9-10H,4,7-8,11H2,1-2H3,(H,20,21,22). The molecule has 0 atom stereocenters. The van der Waals surface area contributed by atoms with Gasteiger partial charge in [0.1, 0.15) is 5.82 Å². The van der Waals surface area contributed by atoms with Crippen LogP contribution in [0.15, 0.2) is 30.6 Å². The third kappa shape index (κ3) is 3.17. The molecule has 4 heterocycles. The Morgan fingerprint density at radius 1 is 1.28 bits per heavy atom. The first-order chi connectivity index (χ1) is 12.2. The van der Waals surface area contributed by atoms with Crippen LogP contribution in [0.5, 0.6) is 5.88 Å². The quantitative estimate of drug-likeness (QED) is 0.789. The highest BCUT2D eigenvalue weighted by Gasteiger charge is 2.14. The zero-order chi connectivity index (χ0) is 17.2. The number of anilines is 1. The molecule has 0 fully saturated rings. The molecule has 0 bridgehead atoms. The second-order valence-corrected chi connectivity index (χ2v) is 6.10. The third-order valence-corrected chi connectivity index (χ3v) is 4.30. The minimum absolute atomic E-state index is 0.590. The van der Waals surface area contributed by atoms with Gasteiger partial charge in [-0.15, -0.1) is 0 Å². The molecular formula is C18H20N6O. The van der Waals surface area contributed by atoms with Gasteiger partial charge < -0.3 is 10.1 Å². The summed E-state index contributed by atoms with van der Waals surface area (Å²) in [6.07, 6.45) is 4.52. The summed E-state index contributed by atoms with van der Waals surface area (Å²) in [5, 5.41) is 7.96. The first-order valence-corrected chi connectivity index (χ1v) is 8.40. The van der Waals surface area contributed by atoms with Crippen LogP contribution < -0.4 is 10.1 Å². The van der Waals surface area contributed by atoms with Gasteiger partial charge in [0.05, 0.1) is 18.8 Å². The van der Waals surface area contributed by atoms with Gasteiger partial charge in [-0.3, -0.25) is 4.98 Å². The molecule has 0 unspecified atom stereocenters. The van der Waals surface area contributed by atoms with Crippen LogP contribution in [-0.4, -0.2) is 31.3 Å². The van der Waals surface area contributed by atoms with Crippen LogP contribution in [0.4, 0.5) is 5.82 Å². The Morgan fingerprint density at radius 2 is 2.20 bits per heavy atom. The largest absolute Gasteiger partial charge is 0.478 e. The van der Waals surface area contributed by atoms with Gasteiger partial charge in [0.15, 0.2) is 5.82 Å². The van der Waals surface area contributed by atoms with Crippen LogP contribution in [0.2, 0.25) is 0 Å². The van der Waals surface area contributed by atoms with Crippen molar-refractivity contribution in [2.24, 2.45) is 0 Å². The van der Waals surface area contributed by atoms with Crippen LogP contribution in [0.25, 0.3) is 11.4 Å². The highest BCUT2D eigenvalue weighted by molar-refractivity contribution is 5.58. The average molecular weight is 336 g/mol. The normalized spacial score (nSPS) is 13.2. The molecule has 4 rings (SSSR count). The first kappa shape index (κ1) is 15.6. The van der Waals surface area contributed by atoms with Crippen LogP contribution in [0.1, 0.15) is 23.4 Å². The molecular weight excluding hydrogens is 316 g/mol. The summed E-state index contributed by atoms with van der Waals surface area (Å²) in [4.78, 5) is 13.4. The SMILES string of the molecule is Cc1nc(-c2cccnc2)nc(NCc2cc3n(n2)CCCO3)c1C. The molecule has 0 aromatic carbocycles. The molecule has 0 radical (unpaired) electrons. The summed E-state index contributed by atoms with van der Waals surface area (Å²) in [6.45, 7) is 6.27. The van der Waals surface area contributed by atoms with E-state index in [0.717, 1.165) is 53.8 Å². The molecule has 25 heavy (non-hydrogen) atoms. The maximum atomic E-state index is 5.62. The zero-order valence-corrected chi connectivity index (χ0v) is 14.4. The first-order valence-electron chi connectivity index (χ1n) is 8.40. The Kier molecular flexibility index (Phi) is 4.05. The maximum Gasteiger partial charge on any atom is 0.212 e. The van der Waals surface area contributed by atoms with Crippen molar-refractivity contribution in [1.82, 2.24) is 24.7 Å². The Bertz CT molecular complexity index is 867. The number of hydrogen-bond donors (Lipinski definition) is 1. The predicted molar refractivity (Wildman–Crippen MR) is 94.4 cm³/mol. The van der Waals surface area contributed by atoms with Gasteiger partial charge in [-0.05, 0) is 26.0 Å². The minimum Gasteiger partial charge on any atom is -0.478 e. The van der Waals surface area contributed by atoms with Crippen molar-refractivity contribution in [2.45, 2.75) is 33.4 Å². The van der Waals surface area contributed by atoms with Gasteiger partial charge in [-0.25, -0.2) is 14.6 Å². The molecule has 0 aliphatic carbocycles. The summed E-state index contributed by atoms with van der Waals surface area (Å²) >= 11 is 0. The van der Waals surface area contributed by atoms with E-state index in [9.17, 15) is 0 Å². The Hall–Kier alpha value is -2.96. The molecule has 1 N–H and O–H groups in total. The molecule has 3 aromatic rings. The van der Waals surface area contributed by atoms with E-state index in [1.165, 1.54) is 0 Å². The monoisotopic (exact) mass is 336 g/mol. The van der Waals surface area contributed by atoms with E-state index in [1.807, 2.05) is 36.7 Å². The lowest BCUT2D eigenvalue weighted by atomic mass is 10.2. The van der Waals surface area contributed by atoms with E-state index in [4.69, 9.17) is 4.74 Å². The molecule has 0 amide bonds. The summed E-state index contributed by atoms with van der Waals surface area (Å²) in [5.41, 5.74) is 3.83. The van der Waals surface area contributed by atoms with Crippen LogP contribution in [0, 0.1) is 13.8 Å². The van der Waals surface area contributed by atoms with Crippen molar-refractivity contribution in [3.05, 3.63) is 47.5 Å². The number of nitrogens with zero attached hydrogens (tertiary/aromatic N) is 5. The van der Waals surface area contributed by atoms with Crippen molar-refractivity contribution in [3.63, 3.8) is 0 Å². The number of hydrogen-bond acceptors (Lipinski definition) is 6. The molecule has 1 aliphatic heterocycles. The number of fused-ring (bicyclic) bond motifs is 1. The molecule has 7 nitrogen and oxygen atoms in total. The molecule has 128 valence electrons. The lowest BCUT2D eigenvalue weighted by Crippen LogP contribution is -2.14. The third-order valence-electron chi connectivity index (χ3n) is 4.30. The number of pyridine rings is 1. The van der Waals surface area contributed by atoms with E-state index in [2.05, 4.69) is 25.4 Å². The van der Waals surface area contributed by atoms with Crippen molar-refractivity contribution in [2.75, 3.05) is 11.9 Å². The molecule has 7 heteroatoms. The fourth-order valence-corrected chi connectivity index (χ4v) is 2.80. The van der Waals surface area contributed by atoms with Gasteiger partial charge >= 0.3 is 0 Å². The van der Waals surface area contributed by atoms with Crippen molar-refractivity contribution in [3.8, 4) is 17.3 Å². The molecule has 0 saturated heterocycles. The Labute approximate surface area is 146 Å². The topological polar surface area (TPSA) is 77.8 Å². The second kappa shape index (κ2) is 6.51. The number of aryl methyl sites for hydroxylation is 2. The lowest BCUT2D eigenvalue weighted by Gasteiger charge is -2.13. The van der Waals surface area contributed by atoms with E-state index < -0.39 is 0 Å². The predicted octanol–water partition coefficient (Wildman–Crippen LogP) is 2.75. The number of ether oxygens (including phenoxy) is 1. The second-order valence-electron chi connectivity index (χ2n) is 6.10. The highest BCUT2D eigenvalue weighted by Crippen LogP contribution is 2.23. The number of aromatic nitrogens is 5.